The zero-order valence-electron chi connectivity index (χ0n) is 16.9. The number of carbonyl (C=O) groups excluding carboxylic acids is 1. The molecule has 1 amide bonds. The van der Waals surface area contributed by atoms with Crippen molar-refractivity contribution in [3.8, 4) is 5.75 Å². The van der Waals surface area contributed by atoms with E-state index >= 15 is 0 Å². The lowest BCUT2D eigenvalue weighted by Crippen LogP contribution is -2.51. The van der Waals surface area contributed by atoms with Crippen molar-refractivity contribution in [2.24, 2.45) is 11.8 Å². The number of hydrogen-bond donors (Lipinski definition) is 1. The lowest BCUT2D eigenvalue weighted by Gasteiger charge is -2.47. The van der Waals surface area contributed by atoms with E-state index in [0.717, 1.165) is 50.6 Å². The molecule has 148 valence electrons. The van der Waals surface area contributed by atoms with Crippen LogP contribution in [0, 0.1) is 11.8 Å². The van der Waals surface area contributed by atoms with E-state index in [9.17, 15) is 4.79 Å². The van der Waals surface area contributed by atoms with Gasteiger partial charge in [0.1, 0.15) is 11.4 Å². The van der Waals surface area contributed by atoms with Crippen LogP contribution in [0.15, 0.2) is 24.3 Å². The van der Waals surface area contributed by atoms with Crippen LogP contribution in [-0.2, 0) is 4.79 Å². The smallest absolute Gasteiger partial charge is 0.220 e. The van der Waals surface area contributed by atoms with Crippen molar-refractivity contribution in [3.05, 3.63) is 29.8 Å². The molecule has 3 aliphatic rings. The van der Waals surface area contributed by atoms with Crippen LogP contribution in [0.3, 0.4) is 0 Å². The van der Waals surface area contributed by atoms with Crippen LogP contribution in [0.4, 0.5) is 0 Å². The average Bonchev–Trinajstić information content (AvgIpc) is 3.46. The molecule has 1 atom stereocenters. The molecule has 1 aromatic rings. The maximum absolute atomic E-state index is 12.5. The van der Waals surface area contributed by atoms with Gasteiger partial charge in [-0.05, 0) is 55.6 Å². The summed E-state index contributed by atoms with van der Waals surface area (Å²) in [6, 6.07) is 8.35. The topological polar surface area (TPSA) is 41.6 Å². The Hall–Kier alpha value is -1.55. The van der Waals surface area contributed by atoms with Crippen LogP contribution in [-0.4, -0.2) is 42.6 Å². The predicted molar refractivity (Wildman–Crippen MR) is 108 cm³/mol. The second kappa shape index (κ2) is 7.83. The molecule has 4 rings (SSSR count). The number of likely N-dealkylation sites (tertiary alicyclic amines) is 1. The third-order valence-electron chi connectivity index (χ3n) is 6.42. The number of carbonyl (C=O) groups is 1. The normalized spacial score (nSPS) is 24.5. The van der Waals surface area contributed by atoms with Gasteiger partial charge in [-0.1, -0.05) is 32.0 Å². The highest BCUT2D eigenvalue weighted by Gasteiger charge is 2.44. The Bertz CT molecular complexity index is 660. The summed E-state index contributed by atoms with van der Waals surface area (Å²) in [5, 5.41) is 3.10. The van der Waals surface area contributed by atoms with Crippen molar-refractivity contribution in [1.82, 2.24) is 10.2 Å². The van der Waals surface area contributed by atoms with Gasteiger partial charge in [-0.25, -0.2) is 0 Å². The number of nitrogens with one attached hydrogen (secondary N) is 1. The van der Waals surface area contributed by atoms with Crippen molar-refractivity contribution >= 4 is 5.91 Å². The fourth-order valence-electron chi connectivity index (χ4n) is 4.66. The van der Waals surface area contributed by atoms with E-state index in [-0.39, 0.29) is 17.4 Å². The number of ether oxygens (including phenoxy) is 1. The summed E-state index contributed by atoms with van der Waals surface area (Å²) < 4.78 is 6.58. The van der Waals surface area contributed by atoms with Crippen molar-refractivity contribution in [2.75, 3.05) is 26.2 Å². The number of para-hydroxylation sites is 1. The van der Waals surface area contributed by atoms with Gasteiger partial charge >= 0.3 is 0 Å². The highest BCUT2D eigenvalue weighted by atomic mass is 16.5. The number of benzene rings is 1. The number of amides is 1. The Morgan fingerprint density at radius 1 is 1.26 bits per heavy atom. The molecule has 1 aliphatic carbocycles. The molecule has 27 heavy (non-hydrogen) atoms. The van der Waals surface area contributed by atoms with Gasteiger partial charge in [0.2, 0.25) is 5.91 Å². The molecule has 1 spiro atoms. The predicted octanol–water partition coefficient (Wildman–Crippen LogP) is 3.96. The summed E-state index contributed by atoms with van der Waals surface area (Å²) in [5.74, 6) is 2.87. The van der Waals surface area contributed by atoms with Crippen LogP contribution in [0.1, 0.15) is 63.9 Å². The molecule has 1 saturated carbocycles. The highest BCUT2D eigenvalue weighted by molar-refractivity contribution is 5.77. The molecular weight excluding hydrogens is 336 g/mol. The average molecular weight is 371 g/mol. The molecular formula is C23H34N2O2. The summed E-state index contributed by atoms with van der Waals surface area (Å²) in [7, 11) is 0. The number of hydrogen-bond acceptors (Lipinski definition) is 3. The minimum atomic E-state index is -0.0859. The third kappa shape index (κ3) is 4.66. The largest absolute Gasteiger partial charge is 0.487 e. The van der Waals surface area contributed by atoms with E-state index in [4.69, 9.17) is 4.74 Å². The van der Waals surface area contributed by atoms with Gasteiger partial charge in [0.25, 0.3) is 0 Å². The first-order valence-corrected chi connectivity index (χ1v) is 10.8. The Morgan fingerprint density at radius 3 is 2.70 bits per heavy atom. The van der Waals surface area contributed by atoms with Crippen molar-refractivity contribution in [1.29, 1.82) is 0 Å². The first-order valence-electron chi connectivity index (χ1n) is 10.8. The van der Waals surface area contributed by atoms with Gasteiger partial charge in [-0.3, -0.25) is 4.79 Å². The Labute approximate surface area is 163 Å². The summed E-state index contributed by atoms with van der Waals surface area (Å²) >= 11 is 0. The number of piperidine rings is 1. The molecule has 2 heterocycles. The van der Waals surface area contributed by atoms with Gasteiger partial charge in [-0.15, -0.1) is 0 Å². The molecule has 1 N–H and O–H groups in total. The highest BCUT2D eigenvalue weighted by Crippen LogP contribution is 2.46. The Kier molecular flexibility index (Phi) is 5.45. The zero-order valence-corrected chi connectivity index (χ0v) is 16.9. The minimum absolute atomic E-state index is 0.0859. The maximum Gasteiger partial charge on any atom is 0.220 e. The van der Waals surface area contributed by atoms with Gasteiger partial charge < -0.3 is 15.0 Å². The molecule has 0 unspecified atom stereocenters. The zero-order chi connectivity index (χ0) is 18.9. The van der Waals surface area contributed by atoms with Crippen molar-refractivity contribution in [3.63, 3.8) is 0 Å². The minimum Gasteiger partial charge on any atom is -0.487 e. The Balaban J connectivity index is 1.44. The second-order valence-corrected chi connectivity index (χ2v) is 9.37. The lowest BCUT2D eigenvalue weighted by atomic mass is 9.76. The molecule has 0 bridgehead atoms. The summed E-state index contributed by atoms with van der Waals surface area (Å²) in [6.45, 7) is 8.55. The number of nitrogens with zero attached hydrogens (tertiary/aromatic N) is 1. The molecule has 4 heteroatoms. The van der Waals surface area contributed by atoms with E-state index in [1.165, 1.54) is 24.9 Å². The van der Waals surface area contributed by atoms with E-state index < -0.39 is 0 Å². The molecule has 2 aliphatic heterocycles. The van der Waals surface area contributed by atoms with Crippen molar-refractivity contribution in [2.45, 2.75) is 63.9 Å². The lowest BCUT2D eigenvalue weighted by molar-refractivity contribution is -0.122. The van der Waals surface area contributed by atoms with E-state index in [1.54, 1.807) is 0 Å². The molecule has 0 radical (unpaired) electrons. The fourth-order valence-corrected chi connectivity index (χ4v) is 4.66. The van der Waals surface area contributed by atoms with Gasteiger partial charge in [0, 0.05) is 38.5 Å². The standard InChI is InChI=1S/C23H34N2O2/c1-17(2)15-24-22(26)13-19-14-23(27-21-6-4-3-5-20(19)21)9-11-25(12-10-23)16-18-7-8-18/h3-6,17-19H,7-16H2,1-2H3,(H,24,26)/t19-/m0/s1. The Morgan fingerprint density at radius 2 is 2.00 bits per heavy atom. The molecule has 4 nitrogen and oxygen atoms in total. The first-order chi connectivity index (χ1) is 13.0. The quantitative estimate of drug-likeness (QED) is 0.824. The van der Waals surface area contributed by atoms with Crippen LogP contribution in [0.5, 0.6) is 5.75 Å². The van der Waals surface area contributed by atoms with E-state index in [1.807, 2.05) is 0 Å². The third-order valence-corrected chi connectivity index (χ3v) is 6.42. The van der Waals surface area contributed by atoms with E-state index in [0.29, 0.717) is 12.3 Å². The molecule has 1 aromatic carbocycles. The molecule has 0 aromatic heterocycles. The summed E-state index contributed by atoms with van der Waals surface area (Å²) in [6.07, 6.45) is 6.53. The van der Waals surface area contributed by atoms with Crippen LogP contribution < -0.4 is 10.1 Å². The van der Waals surface area contributed by atoms with E-state index in [2.05, 4.69) is 48.3 Å². The second-order valence-electron chi connectivity index (χ2n) is 9.37. The number of fused-ring (bicyclic) bond motifs is 1. The van der Waals surface area contributed by atoms with Gasteiger partial charge in [0.15, 0.2) is 0 Å². The van der Waals surface area contributed by atoms with Gasteiger partial charge in [-0.2, -0.15) is 0 Å². The summed E-state index contributed by atoms with van der Waals surface area (Å²) in [5.41, 5.74) is 1.13. The first kappa shape index (κ1) is 18.8. The van der Waals surface area contributed by atoms with Crippen LogP contribution in [0.2, 0.25) is 0 Å². The summed E-state index contributed by atoms with van der Waals surface area (Å²) in [4.78, 5) is 15.1. The monoisotopic (exact) mass is 370 g/mol. The molecule has 1 saturated heterocycles. The number of rotatable bonds is 6. The maximum atomic E-state index is 12.5. The van der Waals surface area contributed by atoms with Crippen LogP contribution >= 0.6 is 0 Å². The molecule has 2 fully saturated rings. The fraction of sp³-hybridized carbons (Fsp3) is 0.696. The SMILES string of the molecule is CC(C)CNC(=O)C[C@H]1CC2(CCN(CC3CC3)CC2)Oc2ccccc21. The van der Waals surface area contributed by atoms with Crippen LogP contribution in [0.25, 0.3) is 0 Å². The van der Waals surface area contributed by atoms with Crippen molar-refractivity contribution < 1.29 is 9.53 Å². The van der Waals surface area contributed by atoms with Gasteiger partial charge in [0.05, 0.1) is 0 Å².